The van der Waals surface area contributed by atoms with Crippen LogP contribution in [0.3, 0.4) is 0 Å². The Morgan fingerprint density at radius 1 is 1.25 bits per heavy atom. The van der Waals surface area contributed by atoms with E-state index in [2.05, 4.69) is 5.32 Å². The monoisotopic (exact) mass is 284 g/mol. The van der Waals surface area contributed by atoms with Crippen molar-refractivity contribution in [2.75, 3.05) is 32.8 Å². The Labute approximate surface area is 119 Å². The van der Waals surface area contributed by atoms with Crippen molar-refractivity contribution in [2.45, 2.75) is 32.1 Å². The summed E-state index contributed by atoms with van der Waals surface area (Å²) >= 11 is 0. The van der Waals surface area contributed by atoms with E-state index < -0.39 is 5.97 Å². The highest BCUT2D eigenvalue weighted by Gasteiger charge is 2.27. The summed E-state index contributed by atoms with van der Waals surface area (Å²) in [7, 11) is 0. The van der Waals surface area contributed by atoms with Crippen molar-refractivity contribution >= 4 is 12.0 Å². The van der Waals surface area contributed by atoms with Crippen molar-refractivity contribution in [3.05, 3.63) is 0 Å². The number of hydrogen-bond donors (Lipinski definition) is 2. The quantitative estimate of drug-likeness (QED) is 0.659. The molecule has 20 heavy (non-hydrogen) atoms. The molecule has 0 aromatic rings. The molecule has 1 aliphatic heterocycles. The second-order valence-corrected chi connectivity index (χ2v) is 5.80. The number of carboxylic acids is 1. The SMILES string of the molecule is O=C(O)CC1CCN(C(=O)NCCCOCC2CC2)C1. The van der Waals surface area contributed by atoms with Crippen LogP contribution in [0.2, 0.25) is 0 Å². The van der Waals surface area contributed by atoms with Crippen LogP contribution < -0.4 is 5.32 Å². The number of nitrogens with one attached hydrogen (secondary N) is 1. The van der Waals surface area contributed by atoms with E-state index in [1.165, 1.54) is 12.8 Å². The minimum Gasteiger partial charge on any atom is -0.481 e. The molecule has 1 saturated heterocycles. The van der Waals surface area contributed by atoms with Crippen LogP contribution in [0.5, 0.6) is 0 Å². The lowest BCUT2D eigenvalue weighted by Crippen LogP contribution is -2.39. The molecule has 6 nitrogen and oxygen atoms in total. The lowest BCUT2D eigenvalue weighted by atomic mass is 10.1. The van der Waals surface area contributed by atoms with E-state index in [0.717, 1.165) is 25.4 Å². The molecule has 114 valence electrons. The zero-order chi connectivity index (χ0) is 14.4. The Morgan fingerprint density at radius 2 is 2.05 bits per heavy atom. The van der Waals surface area contributed by atoms with Gasteiger partial charge < -0.3 is 20.1 Å². The van der Waals surface area contributed by atoms with Crippen LogP contribution in [-0.2, 0) is 9.53 Å². The molecule has 2 aliphatic rings. The molecule has 0 bridgehead atoms. The standard InChI is InChI=1S/C14H24N2O4/c17-13(18)8-12-4-6-16(9-12)14(19)15-5-1-7-20-10-11-2-3-11/h11-12H,1-10H2,(H,15,19)(H,17,18). The van der Waals surface area contributed by atoms with Gasteiger partial charge >= 0.3 is 12.0 Å². The second kappa shape index (κ2) is 7.47. The summed E-state index contributed by atoms with van der Waals surface area (Å²) in [6.07, 6.45) is 4.35. The number of carbonyl (C=O) groups excluding carboxylic acids is 1. The van der Waals surface area contributed by atoms with Crippen LogP contribution in [0.15, 0.2) is 0 Å². The molecule has 0 radical (unpaired) electrons. The van der Waals surface area contributed by atoms with Crippen LogP contribution in [0.4, 0.5) is 4.79 Å². The van der Waals surface area contributed by atoms with Crippen LogP contribution >= 0.6 is 0 Å². The number of amides is 2. The Kier molecular flexibility index (Phi) is 5.64. The molecular formula is C14H24N2O4. The summed E-state index contributed by atoms with van der Waals surface area (Å²) in [5, 5.41) is 11.6. The van der Waals surface area contributed by atoms with Crippen LogP contribution in [-0.4, -0.2) is 54.9 Å². The number of urea groups is 1. The zero-order valence-electron chi connectivity index (χ0n) is 11.8. The molecular weight excluding hydrogens is 260 g/mol. The van der Waals surface area contributed by atoms with Crippen molar-refractivity contribution in [3.63, 3.8) is 0 Å². The third-order valence-corrected chi connectivity index (χ3v) is 3.83. The third kappa shape index (κ3) is 5.36. The molecule has 1 heterocycles. The van der Waals surface area contributed by atoms with Crippen LogP contribution in [0.25, 0.3) is 0 Å². The first-order valence-corrected chi connectivity index (χ1v) is 7.47. The van der Waals surface area contributed by atoms with E-state index in [1.54, 1.807) is 4.90 Å². The predicted molar refractivity (Wildman–Crippen MR) is 73.5 cm³/mol. The van der Waals surface area contributed by atoms with Gasteiger partial charge in [-0.1, -0.05) is 0 Å². The molecule has 1 unspecified atom stereocenters. The molecule has 6 heteroatoms. The summed E-state index contributed by atoms with van der Waals surface area (Å²) in [4.78, 5) is 24.2. The maximum absolute atomic E-state index is 11.9. The van der Waals surface area contributed by atoms with Crippen LogP contribution in [0, 0.1) is 11.8 Å². The summed E-state index contributed by atoms with van der Waals surface area (Å²) in [5.74, 6) is 0.0885. The average Bonchev–Trinajstić information content (AvgIpc) is 3.11. The van der Waals surface area contributed by atoms with E-state index in [4.69, 9.17) is 9.84 Å². The summed E-state index contributed by atoms with van der Waals surface area (Å²) in [6.45, 7) is 3.37. The lowest BCUT2D eigenvalue weighted by molar-refractivity contribution is -0.138. The van der Waals surface area contributed by atoms with Crippen molar-refractivity contribution in [3.8, 4) is 0 Å². The third-order valence-electron chi connectivity index (χ3n) is 3.83. The molecule has 1 aliphatic carbocycles. The topological polar surface area (TPSA) is 78.9 Å². The van der Waals surface area contributed by atoms with Crippen molar-refractivity contribution < 1.29 is 19.4 Å². The fourth-order valence-corrected chi connectivity index (χ4v) is 2.45. The fourth-order valence-electron chi connectivity index (χ4n) is 2.45. The van der Waals surface area contributed by atoms with Gasteiger partial charge in [-0.15, -0.1) is 0 Å². The number of nitrogens with zero attached hydrogens (tertiary/aromatic N) is 1. The van der Waals surface area contributed by atoms with Gasteiger partial charge in [0, 0.05) is 39.3 Å². The molecule has 0 aromatic carbocycles. The molecule has 0 spiro atoms. The Balaban J connectivity index is 1.50. The summed E-state index contributed by atoms with van der Waals surface area (Å²) in [5.41, 5.74) is 0. The van der Waals surface area contributed by atoms with Crippen molar-refractivity contribution in [1.82, 2.24) is 10.2 Å². The van der Waals surface area contributed by atoms with E-state index >= 15 is 0 Å². The maximum Gasteiger partial charge on any atom is 0.317 e. The van der Waals surface area contributed by atoms with Gasteiger partial charge in [0.25, 0.3) is 0 Å². The van der Waals surface area contributed by atoms with Gasteiger partial charge in [0.15, 0.2) is 0 Å². The molecule has 2 amide bonds. The number of hydrogen-bond acceptors (Lipinski definition) is 3. The van der Waals surface area contributed by atoms with Gasteiger partial charge in [0.1, 0.15) is 0 Å². The van der Waals surface area contributed by atoms with E-state index in [-0.39, 0.29) is 18.4 Å². The zero-order valence-corrected chi connectivity index (χ0v) is 11.8. The summed E-state index contributed by atoms with van der Waals surface area (Å²) < 4.78 is 5.50. The van der Waals surface area contributed by atoms with Crippen LogP contribution in [0.1, 0.15) is 32.1 Å². The number of rotatable bonds is 8. The predicted octanol–water partition coefficient (Wildman–Crippen LogP) is 1.31. The Hall–Kier alpha value is -1.30. The van der Waals surface area contributed by atoms with Gasteiger partial charge in [-0.25, -0.2) is 4.79 Å². The van der Waals surface area contributed by atoms with Gasteiger partial charge in [-0.05, 0) is 37.5 Å². The van der Waals surface area contributed by atoms with E-state index in [0.29, 0.717) is 26.2 Å². The maximum atomic E-state index is 11.9. The molecule has 2 rings (SSSR count). The Morgan fingerprint density at radius 3 is 2.75 bits per heavy atom. The Bertz CT molecular complexity index is 344. The molecule has 0 aromatic heterocycles. The van der Waals surface area contributed by atoms with E-state index in [9.17, 15) is 9.59 Å². The van der Waals surface area contributed by atoms with E-state index in [1.807, 2.05) is 0 Å². The minimum atomic E-state index is -0.787. The first kappa shape index (κ1) is 15.1. The molecule has 1 atom stereocenters. The number of likely N-dealkylation sites (tertiary alicyclic amines) is 1. The van der Waals surface area contributed by atoms with Crippen molar-refractivity contribution in [2.24, 2.45) is 11.8 Å². The lowest BCUT2D eigenvalue weighted by Gasteiger charge is -2.17. The van der Waals surface area contributed by atoms with Gasteiger partial charge in [-0.3, -0.25) is 4.79 Å². The first-order chi connectivity index (χ1) is 9.65. The molecule has 2 fully saturated rings. The fraction of sp³-hybridized carbons (Fsp3) is 0.857. The highest BCUT2D eigenvalue weighted by molar-refractivity contribution is 5.74. The second-order valence-electron chi connectivity index (χ2n) is 5.80. The smallest absolute Gasteiger partial charge is 0.317 e. The van der Waals surface area contributed by atoms with Crippen molar-refractivity contribution in [1.29, 1.82) is 0 Å². The average molecular weight is 284 g/mol. The number of carbonyl (C=O) groups is 2. The van der Waals surface area contributed by atoms with Gasteiger partial charge in [-0.2, -0.15) is 0 Å². The molecule has 2 N–H and O–H groups in total. The normalized spacial score (nSPS) is 22.0. The van der Waals surface area contributed by atoms with Gasteiger partial charge in [0.2, 0.25) is 0 Å². The number of carboxylic acid groups (broad SMARTS) is 1. The highest BCUT2D eigenvalue weighted by Crippen LogP contribution is 2.28. The minimum absolute atomic E-state index is 0.0833. The van der Waals surface area contributed by atoms with Gasteiger partial charge in [0.05, 0.1) is 0 Å². The highest BCUT2D eigenvalue weighted by atomic mass is 16.5. The first-order valence-electron chi connectivity index (χ1n) is 7.47. The molecule has 1 saturated carbocycles. The largest absolute Gasteiger partial charge is 0.481 e. The number of aliphatic carboxylic acids is 1. The number of ether oxygens (including phenoxy) is 1. The summed E-state index contributed by atoms with van der Waals surface area (Å²) in [6, 6.07) is -0.0833.